The van der Waals surface area contributed by atoms with E-state index in [9.17, 15) is 4.79 Å². The summed E-state index contributed by atoms with van der Waals surface area (Å²) in [5.41, 5.74) is 1.30. The van der Waals surface area contributed by atoms with Crippen LogP contribution in [0.2, 0.25) is 0 Å². The standard InChI is InChI=1S/C12H16O2S/c1-10(7-12(13)14)8-15-9-11-5-3-2-4-6-11/h2-6,10H,7-9H2,1H3,(H,13,14). The van der Waals surface area contributed by atoms with Crippen LogP contribution < -0.4 is 0 Å². The number of carbonyl (C=O) groups is 1. The smallest absolute Gasteiger partial charge is 0.303 e. The zero-order valence-corrected chi connectivity index (χ0v) is 9.67. The molecule has 0 spiro atoms. The van der Waals surface area contributed by atoms with Crippen LogP contribution in [0, 0.1) is 5.92 Å². The third-order valence-corrected chi connectivity index (χ3v) is 3.38. The number of aliphatic carboxylic acids is 1. The van der Waals surface area contributed by atoms with Crippen LogP contribution in [0.3, 0.4) is 0 Å². The molecule has 1 unspecified atom stereocenters. The summed E-state index contributed by atoms with van der Waals surface area (Å²) in [4.78, 5) is 10.4. The highest BCUT2D eigenvalue weighted by molar-refractivity contribution is 7.98. The van der Waals surface area contributed by atoms with Crippen LogP contribution in [0.1, 0.15) is 18.9 Å². The molecule has 82 valence electrons. The molecule has 0 fully saturated rings. The van der Waals surface area contributed by atoms with Crippen molar-refractivity contribution in [1.29, 1.82) is 0 Å². The SMILES string of the molecule is CC(CSCc1ccccc1)CC(=O)O. The number of rotatable bonds is 6. The predicted molar refractivity (Wildman–Crippen MR) is 64.0 cm³/mol. The second kappa shape index (κ2) is 6.51. The van der Waals surface area contributed by atoms with Crippen molar-refractivity contribution in [3.63, 3.8) is 0 Å². The molecule has 3 heteroatoms. The number of carboxylic acid groups (broad SMARTS) is 1. The zero-order chi connectivity index (χ0) is 11.1. The molecule has 2 nitrogen and oxygen atoms in total. The van der Waals surface area contributed by atoms with Crippen molar-refractivity contribution in [2.45, 2.75) is 19.1 Å². The highest BCUT2D eigenvalue weighted by Gasteiger charge is 2.07. The van der Waals surface area contributed by atoms with Gasteiger partial charge in [0.05, 0.1) is 0 Å². The Hall–Kier alpha value is -0.960. The molecule has 1 N–H and O–H groups in total. The summed E-state index contributed by atoms with van der Waals surface area (Å²) in [5.74, 6) is 1.41. The maximum Gasteiger partial charge on any atom is 0.303 e. The van der Waals surface area contributed by atoms with Crippen LogP contribution in [-0.4, -0.2) is 16.8 Å². The van der Waals surface area contributed by atoms with E-state index in [4.69, 9.17) is 5.11 Å². The summed E-state index contributed by atoms with van der Waals surface area (Å²) in [5, 5.41) is 8.59. The Balaban J connectivity index is 2.19. The number of carboxylic acids is 1. The molecule has 0 radical (unpaired) electrons. The minimum absolute atomic E-state index is 0.246. The van der Waals surface area contributed by atoms with Gasteiger partial charge >= 0.3 is 5.97 Å². The van der Waals surface area contributed by atoms with Crippen molar-refractivity contribution in [2.24, 2.45) is 5.92 Å². The average Bonchev–Trinajstić information content (AvgIpc) is 2.18. The normalized spacial score (nSPS) is 12.3. The van der Waals surface area contributed by atoms with Crippen molar-refractivity contribution in [3.8, 4) is 0 Å². The summed E-state index contributed by atoms with van der Waals surface area (Å²) >= 11 is 1.79. The van der Waals surface area contributed by atoms with Gasteiger partial charge < -0.3 is 5.11 Å². The minimum atomic E-state index is -0.706. The molecule has 0 amide bonds. The van der Waals surface area contributed by atoms with Gasteiger partial charge in [-0.25, -0.2) is 0 Å². The fourth-order valence-electron chi connectivity index (χ4n) is 1.31. The lowest BCUT2D eigenvalue weighted by atomic mass is 10.1. The first-order valence-electron chi connectivity index (χ1n) is 5.02. The fourth-order valence-corrected chi connectivity index (χ4v) is 2.38. The third-order valence-electron chi connectivity index (χ3n) is 2.04. The van der Waals surface area contributed by atoms with E-state index in [0.717, 1.165) is 11.5 Å². The van der Waals surface area contributed by atoms with Crippen molar-refractivity contribution in [2.75, 3.05) is 5.75 Å². The second-order valence-corrected chi connectivity index (χ2v) is 4.73. The molecule has 0 aliphatic rings. The van der Waals surface area contributed by atoms with Crippen molar-refractivity contribution >= 4 is 17.7 Å². The summed E-state index contributed by atoms with van der Waals surface area (Å²) in [6.07, 6.45) is 0.266. The Morgan fingerprint density at radius 1 is 1.40 bits per heavy atom. The molecule has 0 aromatic heterocycles. The Kier molecular flexibility index (Phi) is 5.26. The van der Waals surface area contributed by atoms with Gasteiger partial charge in [0.25, 0.3) is 0 Å². The van der Waals surface area contributed by atoms with Gasteiger partial charge in [0.2, 0.25) is 0 Å². The number of hydrogen-bond acceptors (Lipinski definition) is 2. The van der Waals surface area contributed by atoms with Gasteiger partial charge in [0.15, 0.2) is 0 Å². The monoisotopic (exact) mass is 224 g/mol. The van der Waals surface area contributed by atoms with Gasteiger partial charge in [0.1, 0.15) is 0 Å². The first-order chi connectivity index (χ1) is 7.18. The van der Waals surface area contributed by atoms with Gasteiger partial charge in [-0.2, -0.15) is 11.8 Å². The molecule has 1 atom stereocenters. The van der Waals surface area contributed by atoms with Gasteiger partial charge in [-0.15, -0.1) is 0 Å². The van der Waals surface area contributed by atoms with Crippen LogP contribution in [0.25, 0.3) is 0 Å². The molecular weight excluding hydrogens is 208 g/mol. The van der Waals surface area contributed by atoms with Gasteiger partial charge in [-0.05, 0) is 17.2 Å². The van der Waals surface area contributed by atoms with E-state index >= 15 is 0 Å². The van der Waals surface area contributed by atoms with Crippen molar-refractivity contribution in [1.82, 2.24) is 0 Å². The Morgan fingerprint density at radius 3 is 2.67 bits per heavy atom. The predicted octanol–water partition coefficient (Wildman–Crippen LogP) is 3.03. The van der Waals surface area contributed by atoms with E-state index in [1.807, 2.05) is 25.1 Å². The topological polar surface area (TPSA) is 37.3 Å². The zero-order valence-electron chi connectivity index (χ0n) is 8.85. The minimum Gasteiger partial charge on any atom is -0.481 e. The summed E-state index contributed by atoms with van der Waals surface area (Å²) in [6, 6.07) is 10.2. The molecule has 0 saturated heterocycles. The van der Waals surface area contributed by atoms with Crippen LogP contribution in [0.4, 0.5) is 0 Å². The number of benzene rings is 1. The molecule has 0 aliphatic heterocycles. The lowest BCUT2D eigenvalue weighted by molar-refractivity contribution is -0.137. The first-order valence-corrected chi connectivity index (χ1v) is 6.17. The Bertz CT molecular complexity index is 298. The van der Waals surface area contributed by atoms with E-state index in [-0.39, 0.29) is 12.3 Å². The molecule has 15 heavy (non-hydrogen) atoms. The molecule has 1 aromatic rings. The largest absolute Gasteiger partial charge is 0.481 e. The van der Waals surface area contributed by atoms with E-state index in [1.165, 1.54) is 5.56 Å². The molecule has 0 heterocycles. The van der Waals surface area contributed by atoms with E-state index < -0.39 is 5.97 Å². The molecule has 0 aliphatic carbocycles. The van der Waals surface area contributed by atoms with E-state index in [0.29, 0.717) is 0 Å². The summed E-state index contributed by atoms with van der Waals surface area (Å²) < 4.78 is 0. The van der Waals surface area contributed by atoms with Crippen molar-refractivity contribution < 1.29 is 9.90 Å². The molecule has 1 rings (SSSR count). The Morgan fingerprint density at radius 2 is 2.07 bits per heavy atom. The van der Waals surface area contributed by atoms with E-state index in [1.54, 1.807) is 11.8 Å². The van der Waals surface area contributed by atoms with E-state index in [2.05, 4.69) is 12.1 Å². The maximum absolute atomic E-state index is 10.4. The molecular formula is C12H16O2S. The van der Waals surface area contributed by atoms with Crippen LogP contribution >= 0.6 is 11.8 Å². The van der Waals surface area contributed by atoms with Crippen LogP contribution in [0.5, 0.6) is 0 Å². The number of thioether (sulfide) groups is 1. The molecule has 0 saturated carbocycles. The highest BCUT2D eigenvalue weighted by Crippen LogP contribution is 2.16. The first kappa shape index (κ1) is 12.1. The molecule has 0 bridgehead atoms. The third kappa shape index (κ3) is 5.47. The summed E-state index contributed by atoms with van der Waals surface area (Å²) in [7, 11) is 0. The average molecular weight is 224 g/mol. The van der Waals surface area contributed by atoms with Crippen LogP contribution in [0.15, 0.2) is 30.3 Å². The van der Waals surface area contributed by atoms with Gasteiger partial charge in [0, 0.05) is 12.2 Å². The quantitative estimate of drug-likeness (QED) is 0.807. The van der Waals surface area contributed by atoms with Gasteiger partial charge in [-0.1, -0.05) is 37.3 Å². The Labute approximate surface area is 94.7 Å². The molecule has 1 aromatic carbocycles. The maximum atomic E-state index is 10.4. The van der Waals surface area contributed by atoms with Gasteiger partial charge in [-0.3, -0.25) is 4.79 Å². The highest BCUT2D eigenvalue weighted by atomic mass is 32.2. The van der Waals surface area contributed by atoms with Crippen molar-refractivity contribution in [3.05, 3.63) is 35.9 Å². The number of hydrogen-bond donors (Lipinski definition) is 1. The fraction of sp³-hybridized carbons (Fsp3) is 0.417. The second-order valence-electron chi connectivity index (χ2n) is 3.70. The lowest BCUT2D eigenvalue weighted by Gasteiger charge is -2.07. The van der Waals surface area contributed by atoms with Crippen LogP contribution in [-0.2, 0) is 10.5 Å². The summed E-state index contributed by atoms with van der Waals surface area (Å²) in [6.45, 7) is 1.98. The lowest BCUT2D eigenvalue weighted by Crippen LogP contribution is -2.06.